The van der Waals surface area contributed by atoms with Gasteiger partial charge in [0.05, 0.1) is 6.42 Å². The Bertz CT molecular complexity index is 1020. The summed E-state index contributed by atoms with van der Waals surface area (Å²) in [5.74, 6) is -0.767. The Morgan fingerprint density at radius 1 is 1.06 bits per heavy atom. The summed E-state index contributed by atoms with van der Waals surface area (Å²) in [7, 11) is 0. The van der Waals surface area contributed by atoms with Crippen molar-refractivity contribution in [3.8, 4) is 11.1 Å². The molecule has 7 nitrogen and oxygen atoms in total. The van der Waals surface area contributed by atoms with E-state index in [-0.39, 0.29) is 36.8 Å². The van der Waals surface area contributed by atoms with E-state index in [1.807, 2.05) is 31.2 Å². The zero-order valence-electron chi connectivity index (χ0n) is 20.2. The van der Waals surface area contributed by atoms with E-state index in [9.17, 15) is 14.4 Å². The summed E-state index contributed by atoms with van der Waals surface area (Å²) in [5.41, 5.74) is 4.73. The third-order valence-corrected chi connectivity index (χ3v) is 7.13. The van der Waals surface area contributed by atoms with Gasteiger partial charge in [-0.15, -0.1) is 0 Å². The Kier molecular flexibility index (Phi) is 8.06. The molecule has 186 valence electrons. The molecule has 2 aromatic carbocycles. The molecule has 0 radical (unpaired) electrons. The summed E-state index contributed by atoms with van der Waals surface area (Å²) < 4.78 is 5.57. The number of hydrogen-bond donors (Lipinski definition) is 2. The van der Waals surface area contributed by atoms with Crippen molar-refractivity contribution in [2.24, 2.45) is 5.92 Å². The average molecular weight is 479 g/mol. The van der Waals surface area contributed by atoms with Gasteiger partial charge in [0, 0.05) is 31.5 Å². The molecule has 1 aliphatic carbocycles. The van der Waals surface area contributed by atoms with Gasteiger partial charge in [-0.05, 0) is 53.9 Å². The summed E-state index contributed by atoms with van der Waals surface area (Å²) in [4.78, 5) is 38.0. The van der Waals surface area contributed by atoms with E-state index in [2.05, 4.69) is 29.6 Å². The maximum Gasteiger partial charge on any atom is 0.407 e. The number of amides is 2. The predicted octanol–water partition coefficient (Wildman–Crippen LogP) is 4.80. The Morgan fingerprint density at radius 2 is 1.71 bits per heavy atom. The molecule has 1 aliphatic heterocycles. The van der Waals surface area contributed by atoms with Gasteiger partial charge >= 0.3 is 12.1 Å². The average Bonchev–Trinajstić information content (AvgIpc) is 3.16. The summed E-state index contributed by atoms with van der Waals surface area (Å²) in [6.45, 7) is 3.30. The third kappa shape index (κ3) is 6.02. The van der Waals surface area contributed by atoms with Crippen LogP contribution in [0, 0.1) is 5.92 Å². The maximum atomic E-state index is 12.8. The quantitative estimate of drug-likeness (QED) is 0.540. The molecule has 2 unspecified atom stereocenters. The molecule has 0 spiro atoms. The van der Waals surface area contributed by atoms with Gasteiger partial charge in [-0.3, -0.25) is 9.59 Å². The minimum Gasteiger partial charge on any atom is -0.481 e. The fourth-order valence-corrected chi connectivity index (χ4v) is 5.33. The Labute approximate surface area is 206 Å². The van der Waals surface area contributed by atoms with E-state index < -0.39 is 12.1 Å². The minimum atomic E-state index is -0.866. The maximum absolute atomic E-state index is 12.8. The number of alkyl carbamates (subject to hydrolysis) is 1. The van der Waals surface area contributed by atoms with Gasteiger partial charge in [0.2, 0.25) is 5.91 Å². The van der Waals surface area contributed by atoms with E-state index in [0.717, 1.165) is 19.3 Å². The molecule has 0 aromatic heterocycles. The first kappa shape index (κ1) is 24.8. The van der Waals surface area contributed by atoms with Crippen LogP contribution in [-0.4, -0.2) is 53.7 Å². The lowest BCUT2D eigenvalue weighted by atomic mass is 9.96. The van der Waals surface area contributed by atoms with Crippen LogP contribution in [0.4, 0.5) is 4.79 Å². The monoisotopic (exact) mass is 478 g/mol. The van der Waals surface area contributed by atoms with Crippen LogP contribution in [0.25, 0.3) is 11.1 Å². The van der Waals surface area contributed by atoms with Crippen molar-refractivity contribution in [3.05, 3.63) is 59.7 Å². The molecular weight excluding hydrogens is 444 g/mol. The highest BCUT2D eigenvalue weighted by molar-refractivity contribution is 5.79. The number of carboxylic acid groups (broad SMARTS) is 1. The molecule has 7 heteroatoms. The molecule has 2 aliphatic rings. The summed E-state index contributed by atoms with van der Waals surface area (Å²) in [5, 5.41) is 11.9. The van der Waals surface area contributed by atoms with Crippen molar-refractivity contribution >= 4 is 18.0 Å². The molecule has 4 rings (SSSR count). The number of nitrogens with zero attached hydrogens (tertiary/aromatic N) is 1. The number of nitrogens with one attached hydrogen (secondary N) is 1. The molecule has 1 saturated heterocycles. The third-order valence-electron chi connectivity index (χ3n) is 7.13. The highest BCUT2D eigenvalue weighted by Gasteiger charge is 2.30. The molecule has 0 saturated carbocycles. The number of ether oxygens (including phenoxy) is 1. The molecule has 1 heterocycles. The SMILES string of the molecule is CC(CCNC(=O)OCC1c2ccccc2-c2ccccc21)CC(=O)N1CCCCC1CC(=O)O. The van der Waals surface area contributed by atoms with Crippen molar-refractivity contribution in [3.63, 3.8) is 0 Å². The molecule has 2 amide bonds. The summed E-state index contributed by atoms with van der Waals surface area (Å²) in [6.07, 6.45) is 3.17. The Hall–Kier alpha value is -3.35. The molecule has 2 atom stereocenters. The summed E-state index contributed by atoms with van der Waals surface area (Å²) in [6, 6.07) is 16.2. The van der Waals surface area contributed by atoms with Gasteiger partial charge in [-0.1, -0.05) is 55.5 Å². The predicted molar refractivity (Wildman–Crippen MR) is 133 cm³/mol. The van der Waals surface area contributed by atoms with Gasteiger partial charge < -0.3 is 20.1 Å². The first-order valence-electron chi connectivity index (χ1n) is 12.5. The lowest BCUT2D eigenvalue weighted by molar-refractivity contribution is -0.142. The topological polar surface area (TPSA) is 95.9 Å². The number of hydrogen-bond acceptors (Lipinski definition) is 4. The number of carboxylic acids is 1. The van der Waals surface area contributed by atoms with Crippen LogP contribution in [0.1, 0.15) is 62.5 Å². The number of fused-ring (bicyclic) bond motifs is 3. The molecule has 2 aromatic rings. The molecule has 0 bridgehead atoms. The second kappa shape index (κ2) is 11.4. The van der Waals surface area contributed by atoms with Crippen LogP contribution < -0.4 is 5.32 Å². The van der Waals surface area contributed by atoms with E-state index in [0.29, 0.717) is 25.9 Å². The van der Waals surface area contributed by atoms with Gasteiger partial charge in [0.1, 0.15) is 6.61 Å². The molecular formula is C28H34N2O5. The Balaban J connectivity index is 1.21. The first-order chi connectivity index (χ1) is 16.9. The van der Waals surface area contributed by atoms with Crippen molar-refractivity contribution in [1.29, 1.82) is 0 Å². The van der Waals surface area contributed by atoms with Crippen LogP contribution in [0.2, 0.25) is 0 Å². The highest BCUT2D eigenvalue weighted by Crippen LogP contribution is 2.44. The van der Waals surface area contributed by atoms with E-state index in [4.69, 9.17) is 9.84 Å². The fourth-order valence-electron chi connectivity index (χ4n) is 5.33. The molecule has 1 fully saturated rings. The van der Waals surface area contributed by atoms with Crippen LogP contribution in [0.5, 0.6) is 0 Å². The zero-order valence-corrected chi connectivity index (χ0v) is 20.2. The molecule has 35 heavy (non-hydrogen) atoms. The number of carbonyl (C=O) groups excluding carboxylic acids is 2. The van der Waals surface area contributed by atoms with E-state index >= 15 is 0 Å². The van der Waals surface area contributed by atoms with Gasteiger partial charge in [0.25, 0.3) is 0 Å². The van der Waals surface area contributed by atoms with Crippen molar-refractivity contribution < 1.29 is 24.2 Å². The van der Waals surface area contributed by atoms with E-state index in [1.165, 1.54) is 22.3 Å². The smallest absolute Gasteiger partial charge is 0.407 e. The van der Waals surface area contributed by atoms with Crippen LogP contribution in [-0.2, 0) is 14.3 Å². The van der Waals surface area contributed by atoms with Crippen LogP contribution >= 0.6 is 0 Å². The number of carbonyl (C=O) groups is 3. The second-order valence-electron chi connectivity index (χ2n) is 9.68. The minimum absolute atomic E-state index is 0.00343. The Morgan fingerprint density at radius 3 is 2.37 bits per heavy atom. The zero-order chi connectivity index (χ0) is 24.8. The number of benzene rings is 2. The number of piperidine rings is 1. The van der Waals surface area contributed by atoms with Crippen molar-refractivity contribution in [2.45, 2.75) is 57.4 Å². The van der Waals surface area contributed by atoms with E-state index in [1.54, 1.807) is 4.90 Å². The first-order valence-corrected chi connectivity index (χ1v) is 12.5. The largest absolute Gasteiger partial charge is 0.481 e. The number of rotatable bonds is 9. The molecule has 2 N–H and O–H groups in total. The van der Waals surface area contributed by atoms with Crippen molar-refractivity contribution in [1.82, 2.24) is 10.2 Å². The normalized spacial score (nSPS) is 17.9. The standard InChI is InChI=1S/C28H34N2O5/c1-19(16-26(31)30-15-7-6-8-20(30)17-27(32)33)13-14-29-28(34)35-18-25-23-11-4-2-9-21(23)22-10-3-5-12-24(22)25/h2-5,9-12,19-20,25H,6-8,13-18H2,1H3,(H,29,34)(H,32,33). The lowest BCUT2D eigenvalue weighted by Crippen LogP contribution is -2.45. The number of likely N-dealkylation sites (tertiary alicyclic amines) is 1. The number of aliphatic carboxylic acids is 1. The van der Waals surface area contributed by atoms with Crippen molar-refractivity contribution in [2.75, 3.05) is 19.7 Å². The van der Waals surface area contributed by atoms with Gasteiger partial charge in [-0.2, -0.15) is 0 Å². The van der Waals surface area contributed by atoms with Gasteiger partial charge in [-0.25, -0.2) is 4.79 Å². The fraction of sp³-hybridized carbons (Fsp3) is 0.464. The van der Waals surface area contributed by atoms with Gasteiger partial charge in [0.15, 0.2) is 0 Å². The van der Waals surface area contributed by atoms with Crippen LogP contribution in [0.15, 0.2) is 48.5 Å². The second-order valence-corrected chi connectivity index (χ2v) is 9.68. The lowest BCUT2D eigenvalue weighted by Gasteiger charge is -2.35. The highest BCUT2D eigenvalue weighted by atomic mass is 16.5. The van der Waals surface area contributed by atoms with Crippen LogP contribution in [0.3, 0.4) is 0 Å². The summed E-state index contributed by atoms with van der Waals surface area (Å²) >= 11 is 0.